The van der Waals surface area contributed by atoms with E-state index in [0.29, 0.717) is 18.9 Å². The third-order valence-electron chi connectivity index (χ3n) is 7.44. The fourth-order valence-corrected chi connectivity index (χ4v) is 7.53. The second-order valence-electron chi connectivity index (χ2n) is 11.9. The van der Waals surface area contributed by atoms with Crippen LogP contribution in [0.1, 0.15) is 91.9 Å². The van der Waals surface area contributed by atoms with Crippen LogP contribution in [0.4, 0.5) is 0 Å². The molecule has 0 aromatic heterocycles. The summed E-state index contributed by atoms with van der Waals surface area (Å²) < 4.78 is 17.9. The molecule has 0 aliphatic heterocycles. The molecule has 0 heterocycles. The first-order valence-corrected chi connectivity index (χ1v) is 19.7. The van der Waals surface area contributed by atoms with Gasteiger partial charge < -0.3 is 9.05 Å². The van der Waals surface area contributed by atoms with Crippen molar-refractivity contribution in [3.05, 3.63) is 91.0 Å². The number of benzene rings is 3. The number of hydrogen-bond acceptors (Lipinski definition) is 6. The Labute approximate surface area is 268 Å². The monoisotopic (exact) mass is 646 g/mol. The summed E-state index contributed by atoms with van der Waals surface area (Å²) >= 11 is 0. The van der Waals surface area contributed by atoms with Gasteiger partial charge in [-0.2, -0.15) is 0 Å². The van der Waals surface area contributed by atoms with Crippen molar-refractivity contribution in [2.24, 2.45) is 11.8 Å². The van der Waals surface area contributed by atoms with E-state index in [1.165, 1.54) is 38.5 Å². The van der Waals surface area contributed by atoms with Crippen LogP contribution in [0.5, 0.6) is 11.5 Å². The minimum absolute atomic E-state index is 0.0692. The Morgan fingerprint density at radius 2 is 1.14 bits per heavy atom. The van der Waals surface area contributed by atoms with Crippen molar-refractivity contribution in [3.8, 4) is 11.5 Å². The fraction of sp³-hybridized carbons (Fsp3) is 0.500. The molecule has 0 radical (unpaired) electrons. The van der Waals surface area contributed by atoms with Gasteiger partial charge in [-0.25, -0.2) is 0 Å². The Morgan fingerprint density at radius 3 is 1.64 bits per heavy atom. The second-order valence-corrected chi connectivity index (χ2v) is 16.2. The molecule has 0 saturated heterocycles. The van der Waals surface area contributed by atoms with Gasteiger partial charge in [0.1, 0.15) is 11.5 Å². The van der Waals surface area contributed by atoms with Crippen molar-refractivity contribution in [1.82, 2.24) is 0 Å². The second kappa shape index (κ2) is 20.9. The van der Waals surface area contributed by atoms with Gasteiger partial charge >= 0.3 is 131 Å². The fourth-order valence-electron chi connectivity index (χ4n) is 4.62. The molecule has 0 amide bonds. The molecule has 246 valence electrons. The summed E-state index contributed by atoms with van der Waals surface area (Å²) in [6.07, 6.45) is 11.2. The van der Waals surface area contributed by atoms with Gasteiger partial charge in [-0.3, -0.25) is 4.52 Å². The van der Waals surface area contributed by atoms with Gasteiger partial charge in [0.15, 0.2) is 0 Å². The quantitative estimate of drug-likeness (QED) is 0.0836. The summed E-state index contributed by atoms with van der Waals surface area (Å²) in [6, 6.07) is 27.8. The summed E-state index contributed by atoms with van der Waals surface area (Å²) in [4.78, 5) is 30.5. The van der Waals surface area contributed by atoms with Crippen molar-refractivity contribution in [2.75, 3.05) is 12.8 Å². The summed E-state index contributed by atoms with van der Waals surface area (Å²) in [5, 5.41) is 0.262. The zero-order valence-corrected chi connectivity index (χ0v) is 29.0. The molecule has 0 saturated carbocycles. The van der Waals surface area contributed by atoms with E-state index in [4.69, 9.17) is 13.6 Å². The normalized spacial score (nSPS) is 13.1. The molecule has 0 aliphatic carbocycles. The van der Waals surface area contributed by atoms with E-state index in [0.717, 1.165) is 36.7 Å². The molecule has 0 aliphatic rings. The average molecular weight is 647 g/mol. The molecule has 3 aromatic carbocycles. The predicted molar refractivity (Wildman–Crippen MR) is 187 cm³/mol. The zero-order chi connectivity index (χ0) is 32.1. The van der Waals surface area contributed by atoms with Crippen LogP contribution in [-0.2, 0) is 4.52 Å². The Bertz CT molecular complexity index is 1070. The van der Waals surface area contributed by atoms with Gasteiger partial charge in [0, 0.05) is 0 Å². The van der Waals surface area contributed by atoms with E-state index < -0.39 is 15.9 Å². The predicted octanol–water partition coefficient (Wildman–Crippen LogP) is 10.2. The first-order valence-electron chi connectivity index (χ1n) is 16.3. The van der Waals surface area contributed by atoms with Crippen LogP contribution < -0.4 is 14.4 Å². The van der Waals surface area contributed by atoms with Gasteiger partial charge in [-0.05, 0) is 36.6 Å². The molecule has 8 heteroatoms. The molecule has 3 rings (SSSR count). The molecular weight excluding hydrogens is 590 g/mol. The van der Waals surface area contributed by atoms with Gasteiger partial charge in [0.05, 0.1) is 6.61 Å². The van der Waals surface area contributed by atoms with Crippen LogP contribution in [0.3, 0.4) is 0 Å². The van der Waals surface area contributed by atoms with Gasteiger partial charge in [0.25, 0.3) is 0 Å². The van der Waals surface area contributed by atoms with Crippen molar-refractivity contribution < 1.29 is 28.3 Å². The maximum absolute atomic E-state index is 10.2. The molecule has 3 N–H and O–H groups in total. The van der Waals surface area contributed by atoms with Crippen LogP contribution in [0.25, 0.3) is 0 Å². The molecule has 3 aromatic rings. The van der Waals surface area contributed by atoms with E-state index in [9.17, 15) is 14.7 Å². The van der Waals surface area contributed by atoms with E-state index in [1.54, 1.807) is 30.3 Å². The number of hydrogen-bond donors (Lipinski definition) is 3. The number of unbranched alkanes of at least 4 members (excludes halogenated alkanes) is 5. The standard InChI is InChI=1S/C20H27O3P.C16H29O3P/c1-3-5-12-18(4-2)17-21-24(22-19-13-8-6-9-14-19)23-20-15-10-7-11-16-20;1-15(2)11-7-4-3-5-10-14-20(17,18,19)16-12-8-6-9-13-16/h6-11,13-16,18H,3-5,12,17H2,1-2H3;6,8-9,12-13,15,17-19H,3-5,7,10-11,14H2,1-2H3. The summed E-state index contributed by atoms with van der Waals surface area (Å²) in [5.74, 6) is 2.83. The number of para-hydroxylation sites is 2. The SMILES string of the molecule is CC(C)CCCCCCCP(O)(O)(O)c1ccccc1.CCCCC(CC)COP(Oc1ccccc1)Oc1ccccc1. The molecule has 0 spiro atoms. The topological polar surface area (TPSA) is 88.4 Å². The Hall–Kier alpha value is -2.04. The average Bonchev–Trinajstić information content (AvgIpc) is 3.02. The first kappa shape index (κ1) is 38.1. The maximum atomic E-state index is 10.2. The molecule has 6 nitrogen and oxygen atoms in total. The van der Waals surface area contributed by atoms with Gasteiger partial charge in [-0.1, -0.05) is 69.5 Å². The van der Waals surface area contributed by atoms with Crippen molar-refractivity contribution in [1.29, 1.82) is 0 Å². The smallest absolute Gasteiger partial charge is 0.418 e. The summed E-state index contributed by atoms with van der Waals surface area (Å²) in [5.41, 5.74) is 0. The minimum Gasteiger partial charge on any atom is -0.418 e. The largest absolute Gasteiger partial charge is 0.463 e. The number of rotatable bonds is 20. The summed E-state index contributed by atoms with van der Waals surface area (Å²) in [7, 11) is -6.11. The van der Waals surface area contributed by atoms with Crippen molar-refractivity contribution in [3.63, 3.8) is 0 Å². The molecule has 0 bridgehead atoms. The molecule has 1 unspecified atom stereocenters. The van der Waals surface area contributed by atoms with Crippen LogP contribution in [0.15, 0.2) is 91.0 Å². The van der Waals surface area contributed by atoms with E-state index in [1.807, 2.05) is 60.7 Å². The minimum atomic E-state index is -4.64. The molecular formula is C36H56O6P2. The van der Waals surface area contributed by atoms with Crippen LogP contribution in [-0.4, -0.2) is 27.4 Å². The van der Waals surface area contributed by atoms with Crippen LogP contribution in [0, 0.1) is 11.8 Å². The van der Waals surface area contributed by atoms with Crippen molar-refractivity contribution >= 4 is 21.2 Å². The third kappa shape index (κ3) is 16.3. The third-order valence-corrected chi connectivity index (χ3v) is 11.0. The molecule has 44 heavy (non-hydrogen) atoms. The first-order chi connectivity index (χ1) is 21.1. The van der Waals surface area contributed by atoms with E-state index in [2.05, 4.69) is 27.7 Å². The van der Waals surface area contributed by atoms with E-state index in [-0.39, 0.29) is 11.5 Å². The van der Waals surface area contributed by atoms with Crippen molar-refractivity contribution in [2.45, 2.75) is 91.9 Å². The Kier molecular flexibility index (Phi) is 18.1. The summed E-state index contributed by atoms with van der Waals surface area (Å²) in [6.45, 7) is 9.56. The van der Waals surface area contributed by atoms with Crippen LogP contribution >= 0.6 is 15.9 Å². The van der Waals surface area contributed by atoms with E-state index >= 15 is 0 Å². The Balaban J connectivity index is 0.000000312. The maximum Gasteiger partial charge on any atom is 0.463 e. The van der Waals surface area contributed by atoms with Gasteiger partial charge in [0.2, 0.25) is 0 Å². The molecule has 1 atom stereocenters. The zero-order valence-electron chi connectivity index (χ0n) is 27.3. The Morgan fingerprint density at radius 1 is 0.636 bits per heavy atom. The van der Waals surface area contributed by atoms with Gasteiger partial charge in [-0.15, -0.1) is 0 Å². The van der Waals surface area contributed by atoms with Crippen LogP contribution in [0.2, 0.25) is 0 Å². The molecule has 0 fully saturated rings.